The number of ether oxygens (including phenoxy) is 1. The molecule has 4 nitrogen and oxygen atoms in total. The van der Waals surface area contributed by atoms with E-state index in [1.807, 2.05) is 72.1 Å². The average molecular weight is 401 g/mol. The molecule has 0 aliphatic rings. The monoisotopic (exact) mass is 400 g/mol. The van der Waals surface area contributed by atoms with Crippen LogP contribution in [0, 0.1) is 0 Å². The lowest BCUT2D eigenvalue weighted by Gasteiger charge is -2.09. The van der Waals surface area contributed by atoms with Crippen molar-refractivity contribution in [3.63, 3.8) is 0 Å². The quantitative estimate of drug-likeness (QED) is 0.454. The second-order valence-electron chi connectivity index (χ2n) is 6.52. The lowest BCUT2D eigenvalue weighted by atomic mass is 10.1. The summed E-state index contributed by atoms with van der Waals surface area (Å²) in [6, 6.07) is 25.4. The third-order valence-corrected chi connectivity index (χ3v) is 5.40. The SMILES string of the molecule is COc1ccccc1CC(=O)Nc1cccc(-c2csc(-c3ccccc3)n2)c1. The highest BCUT2D eigenvalue weighted by Gasteiger charge is 2.10. The van der Waals surface area contributed by atoms with Crippen LogP contribution in [0.1, 0.15) is 5.56 Å². The largest absolute Gasteiger partial charge is 0.496 e. The van der Waals surface area contributed by atoms with Gasteiger partial charge in [0.25, 0.3) is 0 Å². The van der Waals surface area contributed by atoms with E-state index in [0.717, 1.165) is 33.1 Å². The fraction of sp³-hybridized carbons (Fsp3) is 0.0833. The molecule has 0 unspecified atom stereocenters. The van der Waals surface area contributed by atoms with Gasteiger partial charge in [-0.1, -0.05) is 60.7 Å². The van der Waals surface area contributed by atoms with Crippen molar-refractivity contribution in [1.82, 2.24) is 4.98 Å². The lowest BCUT2D eigenvalue weighted by Crippen LogP contribution is -2.14. The number of anilines is 1. The van der Waals surface area contributed by atoms with Crippen LogP contribution in [0.25, 0.3) is 21.8 Å². The van der Waals surface area contributed by atoms with Gasteiger partial charge in [0.15, 0.2) is 0 Å². The van der Waals surface area contributed by atoms with Gasteiger partial charge in [0.2, 0.25) is 5.91 Å². The molecule has 0 atom stereocenters. The van der Waals surface area contributed by atoms with E-state index < -0.39 is 0 Å². The van der Waals surface area contributed by atoms with E-state index in [0.29, 0.717) is 5.75 Å². The van der Waals surface area contributed by atoms with Crippen LogP contribution in [0.2, 0.25) is 0 Å². The molecule has 0 spiro atoms. The predicted molar refractivity (Wildman–Crippen MR) is 118 cm³/mol. The zero-order valence-electron chi connectivity index (χ0n) is 16.0. The summed E-state index contributed by atoms with van der Waals surface area (Å²) in [6.45, 7) is 0. The van der Waals surface area contributed by atoms with Crippen molar-refractivity contribution in [1.29, 1.82) is 0 Å². The standard InChI is InChI=1S/C24H20N2O2S/c1-28-22-13-6-5-10-19(22)15-23(27)25-20-12-7-11-18(14-20)21-16-29-24(26-21)17-8-3-2-4-9-17/h2-14,16H,15H2,1H3,(H,25,27). The number of nitrogens with zero attached hydrogens (tertiary/aromatic N) is 1. The van der Waals surface area contributed by atoms with Gasteiger partial charge in [-0.05, 0) is 18.2 Å². The molecule has 144 valence electrons. The number of thiazole rings is 1. The van der Waals surface area contributed by atoms with Crippen molar-refractivity contribution in [2.45, 2.75) is 6.42 Å². The first kappa shape index (κ1) is 18.9. The Hall–Kier alpha value is -3.44. The van der Waals surface area contributed by atoms with Gasteiger partial charge in [0.1, 0.15) is 10.8 Å². The number of carbonyl (C=O) groups excluding carboxylic acids is 1. The summed E-state index contributed by atoms with van der Waals surface area (Å²) in [5, 5.41) is 5.99. The number of para-hydroxylation sites is 1. The lowest BCUT2D eigenvalue weighted by molar-refractivity contribution is -0.115. The summed E-state index contributed by atoms with van der Waals surface area (Å²) < 4.78 is 5.33. The summed E-state index contributed by atoms with van der Waals surface area (Å²) >= 11 is 1.61. The van der Waals surface area contributed by atoms with Crippen molar-refractivity contribution in [2.75, 3.05) is 12.4 Å². The van der Waals surface area contributed by atoms with Gasteiger partial charge < -0.3 is 10.1 Å². The highest BCUT2D eigenvalue weighted by atomic mass is 32.1. The second kappa shape index (κ2) is 8.71. The first-order chi connectivity index (χ1) is 14.2. The Morgan fingerprint density at radius 1 is 0.966 bits per heavy atom. The molecule has 3 aromatic carbocycles. The fourth-order valence-electron chi connectivity index (χ4n) is 3.10. The molecule has 4 rings (SSSR count). The summed E-state index contributed by atoms with van der Waals surface area (Å²) in [5.74, 6) is 0.627. The number of benzene rings is 3. The Morgan fingerprint density at radius 3 is 2.55 bits per heavy atom. The number of hydrogen-bond donors (Lipinski definition) is 1. The van der Waals surface area contributed by atoms with E-state index in [9.17, 15) is 4.79 Å². The highest BCUT2D eigenvalue weighted by Crippen LogP contribution is 2.30. The molecular formula is C24H20N2O2S. The molecule has 0 bridgehead atoms. The molecule has 1 N–H and O–H groups in total. The Bertz CT molecular complexity index is 1120. The molecule has 0 saturated carbocycles. The molecule has 0 fully saturated rings. The molecule has 0 radical (unpaired) electrons. The van der Waals surface area contributed by atoms with Gasteiger partial charge in [0, 0.05) is 27.8 Å². The molecular weight excluding hydrogens is 380 g/mol. The number of amides is 1. The molecule has 0 aliphatic carbocycles. The number of rotatable bonds is 6. The first-order valence-corrected chi connectivity index (χ1v) is 10.1. The van der Waals surface area contributed by atoms with E-state index in [2.05, 4.69) is 17.4 Å². The summed E-state index contributed by atoms with van der Waals surface area (Å²) in [6.07, 6.45) is 0.253. The third-order valence-electron chi connectivity index (χ3n) is 4.51. The van der Waals surface area contributed by atoms with Crippen LogP contribution in [-0.2, 0) is 11.2 Å². The van der Waals surface area contributed by atoms with E-state index in [1.165, 1.54) is 0 Å². The average Bonchev–Trinajstić information content (AvgIpc) is 3.25. The Kier molecular flexibility index (Phi) is 5.68. The number of hydrogen-bond acceptors (Lipinski definition) is 4. The maximum Gasteiger partial charge on any atom is 0.228 e. The van der Waals surface area contributed by atoms with Gasteiger partial charge >= 0.3 is 0 Å². The number of carbonyl (C=O) groups is 1. The molecule has 4 aromatic rings. The van der Waals surface area contributed by atoms with Crippen LogP contribution in [0.3, 0.4) is 0 Å². The van der Waals surface area contributed by atoms with E-state index in [-0.39, 0.29) is 12.3 Å². The van der Waals surface area contributed by atoms with Crippen molar-refractivity contribution >= 4 is 22.9 Å². The third kappa shape index (κ3) is 4.52. The van der Waals surface area contributed by atoms with Crippen LogP contribution in [0.4, 0.5) is 5.69 Å². The first-order valence-electron chi connectivity index (χ1n) is 9.26. The number of nitrogens with one attached hydrogen (secondary N) is 1. The predicted octanol–water partition coefficient (Wildman–Crippen LogP) is 5.67. The van der Waals surface area contributed by atoms with Gasteiger partial charge in [-0.3, -0.25) is 4.79 Å². The second-order valence-corrected chi connectivity index (χ2v) is 7.38. The van der Waals surface area contributed by atoms with Crippen molar-refractivity contribution in [2.24, 2.45) is 0 Å². The van der Waals surface area contributed by atoms with Crippen molar-refractivity contribution in [3.05, 3.63) is 89.8 Å². The molecule has 1 heterocycles. The Balaban J connectivity index is 1.49. The minimum absolute atomic E-state index is 0.0881. The topological polar surface area (TPSA) is 51.2 Å². The maximum absolute atomic E-state index is 12.5. The molecule has 1 amide bonds. The molecule has 0 aliphatic heterocycles. The van der Waals surface area contributed by atoms with Crippen molar-refractivity contribution < 1.29 is 9.53 Å². The zero-order valence-corrected chi connectivity index (χ0v) is 16.8. The number of aromatic nitrogens is 1. The Morgan fingerprint density at radius 2 is 1.72 bits per heavy atom. The smallest absolute Gasteiger partial charge is 0.228 e. The van der Waals surface area contributed by atoms with Gasteiger partial charge in [-0.2, -0.15) is 0 Å². The van der Waals surface area contributed by atoms with Gasteiger partial charge in [-0.15, -0.1) is 11.3 Å². The van der Waals surface area contributed by atoms with Gasteiger partial charge in [-0.25, -0.2) is 4.98 Å². The van der Waals surface area contributed by atoms with Crippen LogP contribution < -0.4 is 10.1 Å². The molecule has 1 aromatic heterocycles. The normalized spacial score (nSPS) is 10.5. The fourth-order valence-corrected chi connectivity index (χ4v) is 3.94. The molecule has 5 heteroatoms. The Labute approximate surface area is 173 Å². The van der Waals surface area contributed by atoms with Crippen LogP contribution in [0.15, 0.2) is 84.2 Å². The molecule has 0 saturated heterocycles. The van der Waals surface area contributed by atoms with E-state index in [1.54, 1.807) is 18.4 Å². The van der Waals surface area contributed by atoms with Crippen LogP contribution in [0.5, 0.6) is 5.75 Å². The minimum Gasteiger partial charge on any atom is -0.496 e. The summed E-state index contributed by atoms with van der Waals surface area (Å²) in [7, 11) is 1.61. The molecule has 29 heavy (non-hydrogen) atoms. The van der Waals surface area contributed by atoms with Crippen LogP contribution in [-0.4, -0.2) is 18.0 Å². The van der Waals surface area contributed by atoms with E-state index in [4.69, 9.17) is 9.72 Å². The number of methoxy groups -OCH3 is 1. The highest BCUT2D eigenvalue weighted by molar-refractivity contribution is 7.13. The van der Waals surface area contributed by atoms with Crippen LogP contribution >= 0.6 is 11.3 Å². The van der Waals surface area contributed by atoms with E-state index >= 15 is 0 Å². The van der Waals surface area contributed by atoms with Crippen molar-refractivity contribution in [3.8, 4) is 27.6 Å². The maximum atomic E-state index is 12.5. The minimum atomic E-state index is -0.0881. The zero-order chi connectivity index (χ0) is 20.1. The summed E-state index contributed by atoms with van der Waals surface area (Å²) in [5.41, 5.74) is 4.57. The summed E-state index contributed by atoms with van der Waals surface area (Å²) in [4.78, 5) is 17.3. The van der Waals surface area contributed by atoms with Gasteiger partial charge in [0.05, 0.1) is 19.2 Å².